The van der Waals surface area contributed by atoms with Crippen LogP contribution in [0.2, 0.25) is 0 Å². The van der Waals surface area contributed by atoms with Crippen LogP contribution in [0.5, 0.6) is 5.75 Å². The van der Waals surface area contributed by atoms with Crippen LogP contribution in [0, 0.1) is 0 Å². The minimum Gasteiger partial charge on any atom is -0.494 e. The number of benzene rings is 2. The average molecular weight is 654 g/mol. The topological polar surface area (TPSA) is 113 Å². The van der Waals surface area contributed by atoms with Gasteiger partial charge >= 0.3 is 0 Å². The Morgan fingerprint density at radius 3 is 2.52 bits per heavy atom. The van der Waals surface area contributed by atoms with Gasteiger partial charge in [-0.25, -0.2) is 9.97 Å². The molecule has 0 radical (unpaired) electrons. The molecular formula is C36H45N8O4+. The molecule has 48 heavy (non-hydrogen) atoms. The number of aryl methyl sites for hydroxylation is 1. The van der Waals surface area contributed by atoms with Gasteiger partial charge in [-0.3, -0.25) is 9.69 Å². The minimum atomic E-state index is -0.275. The zero-order chi connectivity index (χ0) is 33.0. The maximum atomic E-state index is 12.6. The van der Waals surface area contributed by atoms with Crippen LogP contribution >= 0.6 is 0 Å². The number of amides is 1. The molecule has 4 aromatic rings. The number of morpholine rings is 2. The minimum absolute atomic E-state index is 0.275. The van der Waals surface area contributed by atoms with Crippen molar-refractivity contribution in [2.24, 2.45) is 7.05 Å². The number of rotatable bonds is 9. The molecule has 3 aliphatic rings. The second kappa shape index (κ2) is 14.2. The molecule has 2 aromatic heterocycles. The Labute approximate surface area is 281 Å². The Kier molecular flexibility index (Phi) is 9.46. The molecule has 0 bridgehead atoms. The number of carbonyl (C=O) groups is 1. The summed E-state index contributed by atoms with van der Waals surface area (Å²) >= 11 is 0. The number of hydrogen-bond donors (Lipinski definition) is 2. The van der Waals surface area contributed by atoms with Gasteiger partial charge in [-0.2, -0.15) is 0 Å². The van der Waals surface area contributed by atoms with Gasteiger partial charge in [0.05, 0.1) is 62.4 Å². The first-order valence-corrected chi connectivity index (χ1v) is 16.8. The Morgan fingerprint density at radius 1 is 1.02 bits per heavy atom. The standard InChI is InChI=1S/C36H44N8O4/c1-4-34(45)38-28-21-29(33(46-3)22-31(28)43-11-9-25(10-12-43)42-13-17-47-18-14-42)39-36-37-23-32(44-15-19-48-20-16-44)35(40-36)27-24-41(2)30-8-6-5-7-26(27)30/h4-8,21-25H,1,9-20H2,2-3H3,(H,38,45)(H,37,39,40)/p+1. The predicted molar refractivity (Wildman–Crippen MR) is 191 cm³/mol. The highest BCUT2D eigenvalue weighted by atomic mass is 16.5. The summed E-state index contributed by atoms with van der Waals surface area (Å²) in [6.45, 7) is 12.2. The molecule has 0 atom stereocenters. The maximum absolute atomic E-state index is 12.6. The molecule has 5 heterocycles. The summed E-state index contributed by atoms with van der Waals surface area (Å²) in [6, 6.07) is 12.8. The van der Waals surface area contributed by atoms with Crippen molar-refractivity contribution >= 4 is 45.5 Å². The van der Waals surface area contributed by atoms with E-state index in [4.69, 9.17) is 19.4 Å². The van der Waals surface area contributed by atoms with Crippen molar-refractivity contribution in [3.05, 3.63) is 61.4 Å². The molecule has 0 aliphatic carbocycles. The smallest absolute Gasteiger partial charge is 0.247 e. The van der Waals surface area contributed by atoms with Crippen LogP contribution in [-0.4, -0.2) is 109 Å². The van der Waals surface area contributed by atoms with Crippen molar-refractivity contribution in [3.63, 3.8) is 0 Å². The van der Waals surface area contributed by atoms with Crippen LogP contribution < -0.4 is 25.2 Å². The lowest BCUT2D eigenvalue weighted by atomic mass is 10.0. The molecule has 12 nitrogen and oxygen atoms in total. The SMILES string of the molecule is C=CC(=O)Nc1cc(Nc2ncc(N3CC[OH+]CC3)c(-c3cn(C)c4ccccc34)n2)c(OC)cc1N1CCC(N2CCOCC2)CC1. The van der Waals surface area contributed by atoms with Gasteiger partial charge in [0.1, 0.15) is 11.4 Å². The number of nitrogens with zero attached hydrogens (tertiary/aromatic N) is 6. The Hall–Kier alpha value is -4.65. The number of hydrogen-bond acceptors (Lipinski definition) is 9. The Bertz CT molecular complexity index is 1770. The van der Waals surface area contributed by atoms with Crippen LogP contribution in [-0.2, 0) is 16.6 Å². The van der Waals surface area contributed by atoms with E-state index in [1.807, 2.05) is 18.3 Å². The fourth-order valence-corrected chi connectivity index (χ4v) is 7.16. The fourth-order valence-electron chi connectivity index (χ4n) is 7.16. The third-order valence-corrected chi connectivity index (χ3v) is 9.69. The van der Waals surface area contributed by atoms with Crippen LogP contribution in [0.3, 0.4) is 0 Å². The van der Waals surface area contributed by atoms with E-state index in [0.717, 1.165) is 112 Å². The number of anilines is 5. The number of methoxy groups -OCH3 is 1. The van der Waals surface area contributed by atoms with Crippen molar-refractivity contribution in [2.45, 2.75) is 18.9 Å². The lowest BCUT2D eigenvalue weighted by molar-refractivity contribution is -0.111. The number of aromatic nitrogens is 3. The largest absolute Gasteiger partial charge is 0.494 e. The predicted octanol–water partition coefficient (Wildman–Crippen LogP) is 4.16. The third-order valence-electron chi connectivity index (χ3n) is 9.69. The van der Waals surface area contributed by atoms with Crippen LogP contribution in [0.1, 0.15) is 12.8 Å². The summed E-state index contributed by atoms with van der Waals surface area (Å²) in [5, 5.41) is 7.59. The summed E-state index contributed by atoms with van der Waals surface area (Å²) in [5.74, 6) is 0.790. The van der Waals surface area contributed by atoms with Crippen LogP contribution in [0.25, 0.3) is 22.2 Å². The molecule has 0 unspecified atom stereocenters. The number of nitrogens with one attached hydrogen (secondary N) is 2. The van der Waals surface area contributed by atoms with Crippen molar-refractivity contribution in [1.82, 2.24) is 19.4 Å². The molecule has 0 saturated carbocycles. The first-order chi connectivity index (χ1) is 23.5. The third kappa shape index (κ3) is 6.55. The number of fused-ring (bicyclic) bond motifs is 1. The van der Waals surface area contributed by atoms with Gasteiger partial charge in [-0.05, 0) is 31.1 Å². The van der Waals surface area contributed by atoms with Crippen LogP contribution in [0.15, 0.2) is 61.4 Å². The summed E-state index contributed by atoms with van der Waals surface area (Å²) < 4.78 is 18.2. The summed E-state index contributed by atoms with van der Waals surface area (Å²) in [4.78, 5) is 29.8. The van der Waals surface area contributed by atoms with E-state index < -0.39 is 0 Å². The summed E-state index contributed by atoms with van der Waals surface area (Å²) in [5.41, 5.74) is 6.25. The van der Waals surface area contributed by atoms with Crippen molar-refractivity contribution in [3.8, 4) is 17.0 Å². The molecule has 12 heteroatoms. The molecule has 252 valence electrons. The molecule has 7 rings (SSSR count). The van der Waals surface area contributed by atoms with E-state index in [9.17, 15) is 4.79 Å². The molecule has 1 amide bonds. The second-order valence-electron chi connectivity index (χ2n) is 12.5. The zero-order valence-corrected chi connectivity index (χ0v) is 27.8. The van der Waals surface area contributed by atoms with E-state index in [0.29, 0.717) is 29.1 Å². The first kappa shape index (κ1) is 31.9. The Morgan fingerprint density at radius 2 is 1.77 bits per heavy atom. The maximum Gasteiger partial charge on any atom is 0.247 e. The molecule has 3 N–H and O–H groups in total. The monoisotopic (exact) mass is 653 g/mol. The van der Waals surface area contributed by atoms with E-state index in [2.05, 4.69) is 78.7 Å². The van der Waals surface area contributed by atoms with Crippen molar-refractivity contribution in [2.75, 3.05) is 93.2 Å². The van der Waals surface area contributed by atoms with Gasteiger partial charge in [0.2, 0.25) is 11.9 Å². The van der Waals surface area contributed by atoms with E-state index >= 15 is 0 Å². The molecule has 3 fully saturated rings. The normalized spacial score (nSPS) is 17.8. The molecule has 0 spiro atoms. The molecular weight excluding hydrogens is 608 g/mol. The molecule has 3 saturated heterocycles. The van der Waals surface area contributed by atoms with E-state index in [-0.39, 0.29) is 5.91 Å². The highest BCUT2D eigenvalue weighted by Gasteiger charge is 2.28. The van der Waals surface area contributed by atoms with E-state index in [1.54, 1.807) is 7.11 Å². The van der Waals surface area contributed by atoms with E-state index in [1.165, 1.54) is 6.08 Å². The highest BCUT2D eigenvalue weighted by Crippen LogP contribution is 2.41. The number of piperidine rings is 1. The van der Waals surface area contributed by atoms with Crippen molar-refractivity contribution in [1.29, 1.82) is 0 Å². The number of aliphatic hydroxyl groups is 2. The fraction of sp³-hybridized carbons (Fsp3) is 0.417. The zero-order valence-electron chi connectivity index (χ0n) is 27.8. The lowest BCUT2D eigenvalue weighted by Crippen LogP contribution is -2.49. The first-order valence-electron chi connectivity index (χ1n) is 16.8. The summed E-state index contributed by atoms with van der Waals surface area (Å²) in [6.07, 6.45) is 7.41. The number of ether oxygens (including phenoxy) is 3. The number of carbonyl (C=O) groups excluding carboxylic acids is 1. The molecule has 3 aliphatic heterocycles. The van der Waals surface area contributed by atoms with Gasteiger partial charge in [0.15, 0.2) is 13.2 Å². The second-order valence-corrected chi connectivity index (χ2v) is 12.5. The van der Waals surface area contributed by atoms with Crippen molar-refractivity contribution < 1.29 is 19.0 Å². The van der Waals surface area contributed by atoms with Gasteiger partial charge in [-0.15, -0.1) is 0 Å². The van der Waals surface area contributed by atoms with Gasteiger partial charge in [0.25, 0.3) is 0 Å². The summed E-state index contributed by atoms with van der Waals surface area (Å²) in [7, 11) is 3.71. The Balaban J connectivity index is 1.22. The lowest BCUT2D eigenvalue weighted by Gasteiger charge is -2.41. The molecule has 2 aromatic carbocycles. The van der Waals surface area contributed by atoms with Gasteiger partial charge in [0, 0.05) is 68.0 Å². The quantitative estimate of drug-likeness (QED) is 0.203. The van der Waals surface area contributed by atoms with Gasteiger partial charge < -0.3 is 39.2 Å². The highest BCUT2D eigenvalue weighted by molar-refractivity contribution is 6.02. The number of para-hydroxylation sites is 1. The van der Waals surface area contributed by atoms with Gasteiger partial charge in [-0.1, -0.05) is 24.8 Å². The average Bonchev–Trinajstić information content (AvgIpc) is 3.48. The van der Waals surface area contributed by atoms with Crippen LogP contribution in [0.4, 0.5) is 28.7 Å².